The second-order valence-corrected chi connectivity index (χ2v) is 2.70. The van der Waals surface area contributed by atoms with Crippen molar-refractivity contribution in [1.82, 2.24) is 0 Å². The van der Waals surface area contributed by atoms with Gasteiger partial charge in [0.1, 0.15) is 0 Å². The number of aliphatic carboxylic acids is 1. The van der Waals surface area contributed by atoms with Crippen LogP contribution in [0, 0.1) is 0 Å². The first kappa shape index (κ1) is 16.4. The monoisotopic (exact) mass is 262 g/mol. The summed E-state index contributed by atoms with van der Waals surface area (Å²) in [5.74, 6) is -7.72. The number of halogens is 5. The molecule has 0 amide bonds. The van der Waals surface area contributed by atoms with Crippen LogP contribution in [0.3, 0.4) is 0 Å². The maximum atomic E-state index is 11.3. The molecule has 6 nitrogen and oxygen atoms in total. The highest BCUT2D eigenvalue weighted by Crippen LogP contribution is 2.22. The van der Waals surface area contributed by atoms with Gasteiger partial charge in [0.05, 0.1) is 0 Å². The number of carboxylic acid groups (broad SMARTS) is 1. The first-order valence-corrected chi connectivity index (χ1v) is 3.98. The van der Waals surface area contributed by atoms with Gasteiger partial charge >= 0.3 is 28.7 Å². The first-order chi connectivity index (χ1) is 6.45. The Morgan fingerprint density at radius 2 is 1.60 bits per heavy atom. The number of hydrogen-bond donors (Lipinski definition) is 2. The number of carboxylic acids is 1. The molecule has 15 heavy (non-hydrogen) atoms. The van der Waals surface area contributed by atoms with E-state index in [4.69, 9.17) is 18.1 Å². The van der Waals surface area contributed by atoms with Crippen molar-refractivity contribution in [2.24, 2.45) is 0 Å². The lowest BCUT2D eigenvalue weighted by molar-refractivity contribution is -0.187. The fraction of sp³-hybridized carbons (Fsp3) is 0.667. The van der Waals surface area contributed by atoms with Crippen molar-refractivity contribution in [3.63, 3.8) is 0 Å². The third kappa shape index (κ3) is 8.02. The molecule has 0 rings (SSSR count). The summed E-state index contributed by atoms with van der Waals surface area (Å²) in [4.78, 5) is 9.23. The van der Waals surface area contributed by atoms with Crippen molar-refractivity contribution in [1.29, 1.82) is 0 Å². The normalized spacial score (nSPS) is 11.9. The number of hydrogen-bond acceptors (Lipinski definition) is 4. The smallest absolute Gasteiger partial charge is 0.428 e. The van der Waals surface area contributed by atoms with Gasteiger partial charge in [0.15, 0.2) is 0 Å². The highest BCUT2D eigenvalue weighted by molar-refractivity contribution is 7.80. The van der Waals surface area contributed by atoms with Gasteiger partial charge in [-0.2, -0.15) is 17.2 Å². The summed E-state index contributed by atoms with van der Waals surface area (Å²) in [5.41, 5.74) is 0. The first-order valence-electron chi connectivity index (χ1n) is 2.62. The number of alkyl halides is 4. The van der Waals surface area contributed by atoms with Gasteiger partial charge < -0.3 is 5.11 Å². The molecule has 0 radical (unpaired) electrons. The lowest BCUT2D eigenvalue weighted by Gasteiger charge is -2.07. The van der Waals surface area contributed by atoms with Crippen molar-refractivity contribution in [3.05, 3.63) is 0 Å². The fourth-order valence-corrected chi connectivity index (χ4v) is 0.0933. The van der Waals surface area contributed by atoms with Gasteiger partial charge in [-0.25, -0.2) is 13.6 Å². The molecular weight excluding hydrogens is 259 g/mol. The van der Waals surface area contributed by atoms with Crippen molar-refractivity contribution < 1.29 is 49.3 Å². The molecule has 0 aliphatic heterocycles. The van der Waals surface area contributed by atoms with Crippen LogP contribution >= 0.6 is 0 Å². The van der Waals surface area contributed by atoms with E-state index >= 15 is 0 Å². The van der Waals surface area contributed by atoms with Gasteiger partial charge in [0.2, 0.25) is 0 Å². The van der Waals surface area contributed by atoms with Crippen molar-refractivity contribution in [2.45, 2.75) is 12.3 Å². The second kappa shape index (κ2) is 5.77. The Kier molecular flexibility index (Phi) is 6.32. The van der Waals surface area contributed by atoms with E-state index in [1.807, 2.05) is 4.39 Å². The summed E-state index contributed by atoms with van der Waals surface area (Å²) in [6.07, 6.45) is -4.14. The zero-order chi connectivity index (χ0) is 12.9. The largest absolute Gasteiger partial charge is 0.477 e. The van der Waals surface area contributed by atoms with Crippen LogP contribution in [0.25, 0.3) is 0 Å². The Morgan fingerprint density at radius 3 is 1.60 bits per heavy atom. The minimum Gasteiger partial charge on any atom is -0.477 e. The van der Waals surface area contributed by atoms with E-state index in [2.05, 4.69) is 0 Å². The van der Waals surface area contributed by atoms with Crippen molar-refractivity contribution >= 4 is 16.4 Å². The fourth-order valence-electron chi connectivity index (χ4n) is 0.0933. The molecule has 92 valence electrons. The Hall–Kier alpha value is -1.01. The molecule has 2 N–H and O–H groups in total. The molecule has 0 bridgehead atoms. The summed E-state index contributed by atoms with van der Waals surface area (Å²) in [5, 5.41) is 7.38. The van der Waals surface area contributed by atoms with Gasteiger partial charge in [-0.1, -0.05) is 0 Å². The topological polar surface area (TPSA) is 101 Å². The SMILES string of the molecule is O=C(O)C(F)(F)C(F)F.O=S(=O)(O)OF. The molecule has 0 aromatic rings. The van der Waals surface area contributed by atoms with Crippen LogP contribution in [0.5, 0.6) is 0 Å². The van der Waals surface area contributed by atoms with Crippen LogP contribution in [0.2, 0.25) is 0 Å². The molecule has 0 aromatic carbocycles. The lowest BCUT2D eigenvalue weighted by atomic mass is 10.4. The molecule has 0 fully saturated rings. The molecule has 0 atom stereocenters. The Morgan fingerprint density at radius 1 is 1.33 bits per heavy atom. The molecular formula is C3H3F5O6S. The Balaban J connectivity index is 0. The zero-order valence-electron chi connectivity index (χ0n) is 6.40. The Labute approximate surface area is 79.1 Å². The summed E-state index contributed by atoms with van der Waals surface area (Å²) < 4.78 is 81.7. The average molecular weight is 262 g/mol. The van der Waals surface area contributed by atoms with Gasteiger partial charge in [-0.15, -0.1) is 0 Å². The third-order valence-electron chi connectivity index (χ3n) is 0.639. The van der Waals surface area contributed by atoms with E-state index in [-0.39, 0.29) is 0 Å². The van der Waals surface area contributed by atoms with E-state index in [9.17, 15) is 26.9 Å². The molecule has 0 aromatic heterocycles. The predicted molar refractivity (Wildman–Crippen MR) is 32.3 cm³/mol. The number of rotatable bonds is 3. The third-order valence-corrected chi connectivity index (χ3v) is 0.798. The van der Waals surface area contributed by atoms with Gasteiger partial charge in [-0.3, -0.25) is 4.55 Å². The van der Waals surface area contributed by atoms with Crippen LogP contribution in [0.4, 0.5) is 22.1 Å². The van der Waals surface area contributed by atoms with Crippen molar-refractivity contribution in [3.8, 4) is 0 Å². The molecule has 0 saturated carbocycles. The molecule has 0 aliphatic carbocycles. The summed E-state index contributed by atoms with van der Waals surface area (Å²) in [7, 11) is -4.83. The maximum Gasteiger partial charge on any atom is 0.428 e. The second-order valence-electron chi connectivity index (χ2n) is 1.72. The highest BCUT2D eigenvalue weighted by Gasteiger charge is 2.49. The quantitative estimate of drug-likeness (QED) is 0.572. The van der Waals surface area contributed by atoms with Crippen molar-refractivity contribution in [2.75, 3.05) is 0 Å². The van der Waals surface area contributed by atoms with Crippen LogP contribution < -0.4 is 0 Å². The summed E-state index contributed by atoms with van der Waals surface area (Å²) >= 11 is 0. The minimum absolute atomic E-state index is 1.97. The van der Waals surface area contributed by atoms with Crippen LogP contribution in [0.1, 0.15) is 0 Å². The van der Waals surface area contributed by atoms with E-state index in [1.165, 1.54) is 0 Å². The molecule has 0 aliphatic rings. The van der Waals surface area contributed by atoms with Crippen LogP contribution in [0.15, 0.2) is 0 Å². The summed E-state index contributed by atoms with van der Waals surface area (Å²) in [6, 6.07) is 0. The minimum atomic E-state index is -4.92. The standard InChI is InChI=1S/C3H2F4O2.FHO4S/c4-1(5)3(6,7)2(8)9;1-5-6(2,3)4/h1H,(H,8,9);(H,2,3,4). The van der Waals surface area contributed by atoms with E-state index in [1.54, 1.807) is 0 Å². The molecule has 0 heterocycles. The molecule has 0 unspecified atom stereocenters. The number of carbonyl (C=O) groups is 1. The molecule has 0 spiro atoms. The predicted octanol–water partition coefficient (Wildman–Crippen LogP) is 0.662. The van der Waals surface area contributed by atoms with Gasteiger partial charge in [0.25, 0.3) is 0 Å². The van der Waals surface area contributed by atoms with E-state index in [0.717, 1.165) is 0 Å². The Bertz CT molecular complexity index is 298. The van der Waals surface area contributed by atoms with E-state index in [0.29, 0.717) is 0 Å². The lowest BCUT2D eigenvalue weighted by Crippen LogP contribution is -2.35. The molecule has 12 heteroatoms. The maximum absolute atomic E-state index is 11.3. The zero-order valence-corrected chi connectivity index (χ0v) is 7.22. The highest BCUT2D eigenvalue weighted by atomic mass is 32.3. The molecule has 0 saturated heterocycles. The van der Waals surface area contributed by atoms with Crippen LogP contribution in [-0.2, 0) is 19.6 Å². The average Bonchev–Trinajstić information content (AvgIpc) is 2.03. The van der Waals surface area contributed by atoms with Crippen LogP contribution in [-0.4, -0.2) is 36.4 Å². The summed E-state index contributed by atoms with van der Waals surface area (Å²) in [6.45, 7) is 0. The van der Waals surface area contributed by atoms with Gasteiger partial charge in [0, 0.05) is 0 Å². The van der Waals surface area contributed by atoms with E-state index < -0.39 is 28.7 Å². The van der Waals surface area contributed by atoms with Gasteiger partial charge in [-0.05, 0) is 8.91 Å².